The average molecular weight is 653 g/mol. The van der Waals surface area contributed by atoms with Crippen molar-refractivity contribution < 1.29 is 4.42 Å². The molecule has 0 aliphatic rings. The minimum atomic E-state index is 0.597. The molecular weight excluding hydrogens is 625 g/mol. The molecule has 0 saturated heterocycles. The number of hydrogen-bond acceptors (Lipinski definition) is 5. The number of para-hydroxylation sites is 2. The molecule has 238 valence electrons. The van der Waals surface area contributed by atoms with E-state index in [1.54, 1.807) is 0 Å². The molecule has 0 radical (unpaired) electrons. The van der Waals surface area contributed by atoms with E-state index in [1.165, 1.54) is 5.39 Å². The Balaban J connectivity index is 1.32. The molecule has 0 N–H and O–H groups in total. The molecule has 0 saturated carbocycles. The van der Waals surface area contributed by atoms with Crippen LogP contribution in [0.15, 0.2) is 174 Å². The third-order valence-electron chi connectivity index (χ3n) is 9.57. The van der Waals surface area contributed by atoms with Crippen LogP contribution in [0.2, 0.25) is 0 Å². The van der Waals surface area contributed by atoms with Crippen LogP contribution in [0, 0.1) is 0 Å². The summed E-state index contributed by atoms with van der Waals surface area (Å²) in [6.07, 6.45) is 0. The van der Waals surface area contributed by atoms with Crippen LogP contribution in [0.5, 0.6) is 0 Å². The summed E-state index contributed by atoms with van der Waals surface area (Å²) in [5.74, 6) is 2.46. The van der Waals surface area contributed by atoms with Gasteiger partial charge in [-0.1, -0.05) is 152 Å². The van der Waals surface area contributed by atoms with Crippen molar-refractivity contribution in [2.45, 2.75) is 0 Å². The van der Waals surface area contributed by atoms with Crippen molar-refractivity contribution in [2.75, 3.05) is 0 Å². The fourth-order valence-corrected chi connectivity index (χ4v) is 7.26. The van der Waals surface area contributed by atoms with Crippen molar-refractivity contribution >= 4 is 43.4 Å². The van der Waals surface area contributed by atoms with E-state index >= 15 is 0 Å². The molecule has 5 heteroatoms. The molecule has 8 aromatic carbocycles. The lowest BCUT2D eigenvalue weighted by molar-refractivity contribution is 0.620. The van der Waals surface area contributed by atoms with Gasteiger partial charge >= 0.3 is 0 Å². The number of rotatable bonds is 5. The number of oxazole rings is 1. The van der Waals surface area contributed by atoms with Crippen LogP contribution in [0.25, 0.3) is 100 Å². The minimum Gasteiger partial charge on any atom is -0.436 e. The molecule has 0 fully saturated rings. The second kappa shape index (κ2) is 11.9. The topological polar surface area (TPSA) is 64.7 Å². The monoisotopic (exact) mass is 652 g/mol. The van der Waals surface area contributed by atoms with E-state index in [4.69, 9.17) is 24.4 Å². The van der Waals surface area contributed by atoms with E-state index < -0.39 is 0 Å². The van der Waals surface area contributed by atoms with Crippen LogP contribution in [0.4, 0.5) is 0 Å². The largest absolute Gasteiger partial charge is 0.436 e. The fraction of sp³-hybridized carbons (Fsp3) is 0. The highest BCUT2D eigenvalue weighted by molar-refractivity contribution is 6.23. The van der Waals surface area contributed by atoms with Crippen molar-refractivity contribution in [1.82, 2.24) is 19.9 Å². The van der Waals surface area contributed by atoms with Gasteiger partial charge in [-0.15, -0.1) is 0 Å². The number of fused-ring (bicyclic) bond motifs is 5. The maximum Gasteiger partial charge on any atom is 0.227 e. The Bertz CT molecular complexity index is 2830. The van der Waals surface area contributed by atoms with Crippen LogP contribution in [0.1, 0.15) is 0 Å². The van der Waals surface area contributed by atoms with E-state index in [9.17, 15) is 0 Å². The normalized spacial score (nSPS) is 11.5. The van der Waals surface area contributed by atoms with Gasteiger partial charge in [-0.2, -0.15) is 0 Å². The quantitative estimate of drug-likeness (QED) is 0.173. The SMILES string of the molecule is c1ccc(-c2nc(-c3ccccc3)nc(-c3c(-c4ccc(-c5nc6ccccc6o5)c5ccccc45)c4ccccc4c4ccccc34)n2)cc1. The lowest BCUT2D eigenvalue weighted by atomic mass is 9.85. The molecule has 2 aromatic heterocycles. The average Bonchev–Trinajstić information content (AvgIpc) is 3.65. The zero-order valence-corrected chi connectivity index (χ0v) is 27.4. The summed E-state index contributed by atoms with van der Waals surface area (Å²) >= 11 is 0. The third kappa shape index (κ3) is 4.86. The Labute approximate surface area is 293 Å². The number of nitrogens with zero attached hydrogens (tertiary/aromatic N) is 4. The highest BCUT2D eigenvalue weighted by Crippen LogP contribution is 2.47. The Hall–Kier alpha value is -6.98. The summed E-state index contributed by atoms with van der Waals surface area (Å²) in [5.41, 5.74) is 7.50. The summed E-state index contributed by atoms with van der Waals surface area (Å²) in [6.45, 7) is 0. The molecule has 0 spiro atoms. The Kier molecular flexibility index (Phi) is 6.74. The van der Waals surface area contributed by atoms with Crippen LogP contribution in [-0.4, -0.2) is 19.9 Å². The van der Waals surface area contributed by atoms with E-state index in [1.807, 2.05) is 84.9 Å². The molecule has 0 bridgehead atoms. The van der Waals surface area contributed by atoms with Crippen LogP contribution in [0.3, 0.4) is 0 Å². The van der Waals surface area contributed by atoms with Gasteiger partial charge in [0.15, 0.2) is 23.1 Å². The van der Waals surface area contributed by atoms with Gasteiger partial charge in [0.2, 0.25) is 5.89 Å². The minimum absolute atomic E-state index is 0.597. The molecule has 5 nitrogen and oxygen atoms in total. The Morgan fingerprint density at radius 2 is 0.765 bits per heavy atom. The fourth-order valence-electron chi connectivity index (χ4n) is 7.26. The third-order valence-corrected chi connectivity index (χ3v) is 9.57. The first-order valence-corrected chi connectivity index (χ1v) is 17.0. The van der Waals surface area contributed by atoms with E-state index in [2.05, 4.69) is 84.9 Å². The summed E-state index contributed by atoms with van der Waals surface area (Å²) in [4.78, 5) is 20.4. The maximum atomic E-state index is 6.30. The van der Waals surface area contributed by atoms with Gasteiger partial charge in [0, 0.05) is 27.8 Å². The second-order valence-corrected chi connectivity index (χ2v) is 12.6. The predicted molar refractivity (Wildman–Crippen MR) is 207 cm³/mol. The standard InChI is InChI=1S/C46H28N4O/c1-3-15-29(16-4-1)43-48-44(30-17-5-2-6-18-30)50-45(49-43)42-36-24-12-10-20-32(36)31-19-9-11-23-35(31)41(42)37-27-28-38(34-22-8-7-21-33(34)37)46-47-39-25-13-14-26-40(39)51-46/h1-28H. The Morgan fingerprint density at radius 3 is 1.37 bits per heavy atom. The smallest absolute Gasteiger partial charge is 0.227 e. The first-order chi connectivity index (χ1) is 25.3. The van der Waals surface area contributed by atoms with Crippen LogP contribution >= 0.6 is 0 Å². The van der Waals surface area contributed by atoms with E-state index in [0.29, 0.717) is 23.4 Å². The van der Waals surface area contributed by atoms with Crippen molar-refractivity contribution in [1.29, 1.82) is 0 Å². The molecule has 0 aliphatic heterocycles. The zero-order valence-electron chi connectivity index (χ0n) is 27.4. The first-order valence-electron chi connectivity index (χ1n) is 17.0. The van der Waals surface area contributed by atoms with Gasteiger partial charge in [0.25, 0.3) is 0 Å². The predicted octanol–water partition coefficient (Wildman–Crippen LogP) is 11.8. The molecule has 0 atom stereocenters. The molecule has 51 heavy (non-hydrogen) atoms. The van der Waals surface area contributed by atoms with Crippen LogP contribution < -0.4 is 0 Å². The summed E-state index contributed by atoms with van der Waals surface area (Å²) in [7, 11) is 0. The molecule has 10 rings (SSSR count). The van der Waals surface area contributed by atoms with Crippen molar-refractivity contribution in [3.05, 3.63) is 170 Å². The number of aromatic nitrogens is 4. The molecule has 0 amide bonds. The van der Waals surface area contributed by atoms with Crippen molar-refractivity contribution in [2.24, 2.45) is 0 Å². The van der Waals surface area contributed by atoms with Crippen molar-refractivity contribution in [3.63, 3.8) is 0 Å². The zero-order chi connectivity index (χ0) is 33.7. The molecule has 2 heterocycles. The second-order valence-electron chi connectivity index (χ2n) is 12.6. The summed E-state index contributed by atoms with van der Waals surface area (Å²) in [6, 6.07) is 58.2. The maximum absolute atomic E-state index is 6.30. The molecular formula is C46H28N4O. The van der Waals surface area contributed by atoms with Gasteiger partial charge in [0.05, 0.1) is 0 Å². The first kappa shape index (κ1) is 29.0. The highest BCUT2D eigenvalue weighted by atomic mass is 16.3. The highest BCUT2D eigenvalue weighted by Gasteiger charge is 2.24. The van der Waals surface area contributed by atoms with Gasteiger partial charge in [-0.3, -0.25) is 0 Å². The van der Waals surface area contributed by atoms with E-state index in [0.717, 1.165) is 71.4 Å². The molecule has 0 unspecified atom stereocenters. The lowest BCUT2D eigenvalue weighted by Crippen LogP contribution is -2.02. The van der Waals surface area contributed by atoms with Gasteiger partial charge < -0.3 is 4.42 Å². The number of hydrogen-bond donors (Lipinski definition) is 0. The molecule has 0 aliphatic carbocycles. The van der Waals surface area contributed by atoms with Crippen molar-refractivity contribution in [3.8, 4) is 56.7 Å². The van der Waals surface area contributed by atoms with E-state index in [-0.39, 0.29) is 0 Å². The summed E-state index contributed by atoms with van der Waals surface area (Å²) in [5, 5.41) is 6.63. The van der Waals surface area contributed by atoms with Crippen LogP contribution in [-0.2, 0) is 0 Å². The van der Waals surface area contributed by atoms with Gasteiger partial charge in [-0.25, -0.2) is 19.9 Å². The summed E-state index contributed by atoms with van der Waals surface area (Å²) < 4.78 is 6.30. The van der Waals surface area contributed by atoms with Gasteiger partial charge in [-0.05, 0) is 56.1 Å². The van der Waals surface area contributed by atoms with Gasteiger partial charge in [0.1, 0.15) is 5.52 Å². The lowest BCUT2D eigenvalue weighted by Gasteiger charge is -2.20. The number of benzene rings is 8. The molecule has 10 aromatic rings. The Morgan fingerprint density at radius 1 is 0.314 bits per heavy atom.